The first-order valence-corrected chi connectivity index (χ1v) is 12.8. The Kier molecular flexibility index (Phi) is 12.0. The third kappa shape index (κ3) is 7.42. The minimum Gasteiger partial charge on any atom is -0.659 e. The SMILES string of the molecule is Cc1cc(C(C)C)c(C(N)C[N-]CC(N)c2c(C(C)C)cc(C)cc2C(C)C)c(C(C)C)c1.[Fe]. The molecule has 0 saturated heterocycles. The summed E-state index contributed by atoms with van der Waals surface area (Å²) in [5.74, 6) is 1.72. The fourth-order valence-corrected chi connectivity index (χ4v) is 5.01. The first-order chi connectivity index (χ1) is 15.3. The number of nitrogens with zero attached hydrogens (tertiary/aromatic N) is 1. The van der Waals surface area contributed by atoms with E-state index in [4.69, 9.17) is 16.8 Å². The molecule has 0 fully saturated rings. The fourth-order valence-electron chi connectivity index (χ4n) is 5.01. The van der Waals surface area contributed by atoms with Gasteiger partial charge in [-0.2, -0.15) is 0 Å². The molecule has 192 valence electrons. The Bertz CT molecular complexity index is 797. The van der Waals surface area contributed by atoms with Crippen LogP contribution in [-0.2, 0) is 17.1 Å². The molecule has 2 rings (SSSR count). The molecule has 2 aromatic rings. The molecule has 0 spiro atoms. The van der Waals surface area contributed by atoms with Crippen molar-refractivity contribution in [2.24, 2.45) is 11.5 Å². The van der Waals surface area contributed by atoms with E-state index in [1.807, 2.05) is 0 Å². The van der Waals surface area contributed by atoms with E-state index in [0.29, 0.717) is 36.8 Å². The first kappa shape index (κ1) is 30.9. The van der Waals surface area contributed by atoms with E-state index in [2.05, 4.69) is 93.5 Å². The number of nitrogens with two attached hydrogens (primary N) is 2. The molecule has 0 amide bonds. The van der Waals surface area contributed by atoms with Crippen LogP contribution in [0.3, 0.4) is 0 Å². The number of rotatable bonds is 10. The van der Waals surface area contributed by atoms with Gasteiger partial charge in [0.2, 0.25) is 0 Å². The molecule has 4 heteroatoms. The minimum atomic E-state index is -0.111. The summed E-state index contributed by atoms with van der Waals surface area (Å²) in [5.41, 5.74) is 24.2. The summed E-state index contributed by atoms with van der Waals surface area (Å²) < 4.78 is 0. The van der Waals surface area contributed by atoms with Crippen molar-refractivity contribution in [1.29, 1.82) is 0 Å². The molecule has 34 heavy (non-hydrogen) atoms. The maximum atomic E-state index is 6.79. The van der Waals surface area contributed by atoms with Crippen LogP contribution in [0.4, 0.5) is 0 Å². The second-order valence-corrected chi connectivity index (χ2v) is 11.1. The Morgan fingerprint density at radius 1 is 0.559 bits per heavy atom. The number of hydrogen-bond acceptors (Lipinski definition) is 2. The predicted molar refractivity (Wildman–Crippen MR) is 146 cm³/mol. The van der Waals surface area contributed by atoms with Crippen LogP contribution in [-0.4, -0.2) is 13.1 Å². The Hall–Kier alpha value is -1.16. The summed E-state index contributed by atoms with van der Waals surface area (Å²) in [6.45, 7) is 23.5. The van der Waals surface area contributed by atoms with Crippen molar-refractivity contribution in [3.05, 3.63) is 74.1 Å². The molecule has 2 aromatic carbocycles. The average molecular weight is 507 g/mol. The molecule has 4 N–H and O–H groups in total. The van der Waals surface area contributed by atoms with Crippen LogP contribution in [0.25, 0.3) is 5.32 Å². The Morgan fingerprint density at radius 2 is 0.794 bits per heavy atom. The van der Waals surface area contributed by atoms with Gasteiger partial charge in [-0.25, -0.2) is 0 Å². The van der Waals surface area contributed by atoms with Gasteiger partial charge in [0, 0.05) is 29.2 Å². The van der Waals surface area contributed by atoms with Gasteiger partial charge in [-0.05, 0) is 70.9 Å². The van der Waals surface area contributed by atoms with Crippen LogP contribution in [0.5, 0.6) is 0 Å². The van der Waals surface area contributed by atoms with Crippen molar-refractivity contribution in [3.63, 3.8) is 0 Å². The molecule has 0 heterocycles. The minimum absolute atomic E-state index is 0. The average Bonchev–Trinajstić information content (AvgIpc) is 2.71. The van der Waals surface area contributed by atoms with Gasteiger partial charge in [-0.1, -0.05) is 90.8 Å². The van der Waals surface area contributed by atoms with E-state index in [-0.39, 0.29) is 29.2 Å². The third-order valence-electron chi connectivity index (χ3n) is 6.66. The number of hydrogen-bond donors (Lipinski definition) is 2. The maximum Gasteiger partial charge on any atom is 0.0110 e. The summed E-state index contributed by atoms with van der Waals surface area (Å²) in [4.78, 5) is 0. The van der Waals surface area contributed by atoms with Gasteiger partial charge >= 0.3 is 0 Å². The van der Waals surface area contributed by atoms with E-state index in [9.17, 15) is 0 Å². The second kappa shape index (κ2) is 13.2. The van der Waals surface area contributed by atoms with Crippen molar-refractivity contribution in [2.75, 3.05) is 13.1 Å². The van der Waals surface area contributed by atoms with Crippen LogP contribution < -0.4 is 11.5 Å². The largest absolute Gasteiger partial charge is 0.659 e. The summed E-state index contributed by atoms with van der Waals surface area (Å²) in [5, 5.41) is 4.92. The Morgan fingerprint density at radius 3 is 1.00 bits per heavy atom. The molecule has 0 aliphatic carbocycles. The standard InChI is InChI=1S/C30H48N3.Fe/c1-17(2)23-11-21(9)12-24(18(3)4)29(23)27(31)15-33-16-28(32)30-25(19(5)6)13-22(10)14-26(30)20(7)8;/h11-14,17-20,27-28H,15-16,31-32H2,1-10H3;/q-1;. The van der Waals surface area contributed by atoms with Crippen molar-refractivity contribution >= 4 is 0 Å². The molecule has 0 aliphatic heterocycles. The van der Waals surface area contributed by atoms with Crippen molar-refractivity contribution < 1.29 is 17.1 Å². The molecule has 3 nitrogen and oxygen atoms in total. The van der Waals surface area contributed by atoms with Crippen LogP contribution in [0.2, 0.25) is 0 Å². The van der Waals surface area contributed by atoms with Gasteiger partial charge in [0.15, 0.2) is 0 Å². The molecular formula is C30H48FeN3-. The van der Waals surface area contributed by atoms with Crippen LogP contribution in [0, 0.1) is 13.8 Å². The van der Waals surface area contributed by atoms with Gasteiger partial charge < -0.3 is 16.8 Å². The van der Waals surface area contributed by atoms with Crippen molar-refractivity contribution in [2.45, 2.75) is 105 Å². The van der Waals surface area contributed by atoms with Crippen LogP contribution in [0.15, 0.2) is 24.3 Å². The molecular weight excluding hydrogens is 458 g/mol. The second-order valence-electron chi connectivity index (χ2n) is 11.1. The molecule has 2 unspecified atom stereocenters. The monoisotopic (exact) mass is 506 g/mol. The molecule has 0 bridgehead atoms. The van der Waals surface area contributed by atoms with Crippen LogP contribution >= 0.6 is 0 Å². The summed E-state index contributed by atoms with van der Waals surface area (Å²) in [6, 6.07) is 8.97. The molecule has 0 radical (unpaired) electrons. The summed E-state index contributed by atoms with van der Waals surface area (Å²) in [6.07, 6.45) is 0. The van der Waals surface area contributed by atoms with E-state index in [1.54, 1.807) is 0 Å². The zero-order chi connectivity index (χ0) is 25.0. The normalized spacial score (nSPS) is 13.6. The van der Waals surface area contributed by atoms with E-state index < -0.39 is 0 Å². The quantitative estimate of drug-likeness (QED) is 0.322. The van der Waals surface area contributed by atoms with Gasteiger partial charge in [0.1, 0.15) is 0 Å². The van der Waals surface area contributed by atoms with Gasteiger partial charge in [0.05, 0.1) is 0 Å². The van der Waals surface area contributed by atoms with Gasteiger partial charge in [-0.15, -0.1) is 13.1 Å². The Balaban J connectivity index is 0.00000578. The summed E-state index contributed by atoms with van der Waals surface area (Å²) >= 11 is 0. The number of aryl methyl sites for hydroxylation is 2. The maximum absolute atomic E-state index is 6.79. The summed E-state index contributed by atoms with van der Waals surface area (Å²) in [7, 11) is 0. The smallest absolute Gasteiger partial charge is 0.0110 e. The molecule has 2 atom stereocenters. The molecule has 0 saturated carbocycles. The van der Waals surface area contributed by atoms with Gasteiger partial charge in [-0.3, -0.25) is 0 Å². The molecule has 0 aromatic heterocycles. The topological polar surface area (TPSA) is 66.1 Å². The van der Waals surface area contributed by atoms with Gasteiger partial charge in [0.25, 0.3) is 0 Å². The van der Waals surface area contributed by atoms with Crippen molar-refractivity contribution in [1.82, 2.24) is 0 Å². The van der Waals surface area contributed by atoms with E-state index in [0.717, 1.165) is 0 Å². The zero-order valence-corrected chi connectivity index (χ0v) is 24.2. The number of benzene rings is 2. The van der Waals surface area contributed by atoms with E-state index >= 15 is 0 Å². The zero-order valence-electron chi connectivity index (χ0n) is 23.1. The third-order valence-corrected chi connectivity index (χ3v) is 6.66. The predicted octanol–water partition coefficient (Wildman–Crippen LogP) is 7.87. The first-order valence-electron chi connectivity index (χ1n) is 12.8. The Labute approximate surface area is 220 Å². The van der Waals surface area contributed by atoms with Crippen molar-refractivity contribution in [3.8, 4) is 0 Å². The fraction of sp³-hybridized carbons (Fsp3) is 0.600. The molecule has 0 aliphatic rings. The van der Waals surface area contributed by atoms with Crippen LogP contribution in [0.1, 0.15) is 136 Å². The van der Waals surface area contributed by atoms with E-state index in [1.165, 1.54) is 44.5 Å².